The Labute approximate surface area is 140 Å². The molecule has 0 aromatic heterocycles. The van der Waals surface area contributed by atoms with Gasteiger partial charge < -0.3 is 20.1 Å². The second-order valence-electron chi connectivity index (χ2n) is 6.66. The molecule has 2 aliphatic heterocycles. The third kappa shape index (κ3) is 2.56. The summed E-state index contributed by atoms with van der Waals surface area (Å²) in [5.74, 6) is 1.77. The molecule has 124 valence electrons. The van der Waals surface area contributed by atoms with Gasteiger partial charge in [0.15, 0.2) is 11.5 Å². The molecular formula is C17H21ClN2O3. The topological polar surface area (TPSA) is 59.6 Å². The predicted octanol–water partition coefficient (Wildman–Crippen LogP) is 2.83. The van der Waals surface area contributed by atoms with Gasteiger partial charge in [0, 0.05) is 18.7 Å². The molecule has 1 amide bonds. The highest BCUT2D eigenvalue weighted by Gasteiger charge is 2.49. The molecular weight excluding hydrogens is 316 g/mol. The third-order valence-electron chi connectivity index (χ3n) is 5.37. The number of fused-ring (bicyclic) bond motifs is 2. The summed E-state index contributed by atoms with van der Waals surface area (Å²) in [4.78, 5) is 13.0. The summed E-state index contributed by atoms with van der Waals surface area (Å²) >= 11 is 6.32. The average Bonchev–Trinajstić information content (AvgIpc) is 3.01. The predicted molar refractivity (Wildman–Crippen MR) is 88.3 cm³/mol. The van der Waals surface area contributed by atoms with Gasteiger partial charge in [-0.1, -0.05) is 24.4 Å². The molecule has 0 spiro atoms. The highest BCUT2D eigenvalue weighted by molar-refractivity contribution is 6.34. The highest BCUT2D eigenvalue weighted by Crippen LogP contribution is 2.45. The molecule has 1 aromatic rings. The molecule has 0 radical (unpaired) electrons. The smallest absolute Gasteiger partial charge is 0.232 e. The first-order valence-corrected chi connectivity index (χ1v) is 8.68. The van der Waals surface area contributed by atoms with E-state index in [2.05, 4.69) is 10.6 Å². The fourth-order valence-electron chi connectivity index (χ4n) is 4.10. The van der Waals surface area contributed by atoms with Crippen molar-refractivity contribution < 1.29 is 14.3 Å². The molecule has 2 atom stereocenters. The van der Waals surface area contributed by atoms with Crippen molar-refractivity contribution in [2.75, 3.05) is 31.6 Å². The Bertz CT molecular complexity index is 637. The number of carbonyl (C=O) groups excluding carboxylic acids is 1. The van der Waals surface area contributed by atoms with Gasteiger partial charge in [-0.25, -0.2) is 0 Å². The van der Waals surface area contributed by atoms with Crippen molar-refractivity contribution in [3.63, 3.8) is 0 Å². The second kappa shape index (κ2) is 5.87. The van der Waals surface area contributed by atoms with Gasteiger partial charge in [0.2, 0.25) is 5.91 Å². The van der Waals surface area contributed by atoms with E-state index >= 15 is 0 Å². The van der Waals surface area contributed by atoms with Gasteiger partial charge >= 0.3 is 0 Å². The summed E-state index contributed by atoms with van der Waals surface area (Å²) in [5.41, 5.74) is 0.306. The molecule has 23 heavy (non-hydrogen) atoms. The number of hydrogen-bond acceptors (Lipinski definition) is 4. The first kappa shape index (κ1) is 15.1. The normalized spacial score (nSPS) is 29.0. The fraction of sp³-hybridized carbons (Fsp3) is 0.588. The van der Waals surface area contributed by atoms with Crippen molar-refractivity contribution >= 4 is 23.2 Å². The van der Waals surface area contributed by atoms with Crippen molar-refractivity contribution in [3.8, 4) is 11.5 Å². The lowest BCUT2D eigenvalue weighted by atomic mass is 9.67. The van der Waals surface area contributed by atoms with Crippen LogP contribution in [0.1, 0.15) is 25.7 Å². The lowest BCUT2D eigenvalue weighted by Crippen LogP contribution is -2.44. The van der Waals surface area contributed by atoms with Gasteiger partial charge in [0.1, 0.15) is 13.2 Å². The van der Waals surface area contributed by atoms with E-state index in [1.54, 1.807) is 12.1 Å². The maximum absolute atomic E-state index is 13.0. The van der Waals surface area contributed by atoms with Gasteiger partial charge in [-0.2, -0.15) is 0 Å². The number of halogens is 1. The molecule has 1 aromatic carbocycles. The number of carbonyl (C=O) groups is 1. The number of ether oxygens (including phenoxy) is 2. The minimum absolute atomic E-state index is 0.0748. The molecule has 2 N–H and O–H groups in total. The van der Waals surface area contributed by atoms with Crippen LogP contribution >= 0.6 is 11.6 Å². The molecule has 5 nitrogen and oxygen atoms in total. The largest absolute Gasteiger partial charge is 0.486 e. The Balaban J connectivity index is 1.59. The molecule has 3 aliphatic rings. The molecule has 6 heteroatoms. The fourth-order valence-corrected chi connectivity index (χ4v) is 4.30. The molecule has 0 unspecified atom stereocenters. The maximum Gasteiger partial charge on any atom is 0.232 e. The maximum atomic E-state index is 13.0. The van der Waals surface area contributed by atoms with Crippen LogP contribution in [0.15, 0.2) is 12.1 Å². The van der Waals surface area contributed by atoms with Gasteiger partial charge in [-0.05, 0) is 25.3 Å². The molecule has 2 heterocycles. The van der Waals surface area contributed by atoms with Crippen molar-refractivity contribution in [1.82, 2.24) is 5.32 Å². The molecule has 2 fully saturated rings. The van der Waals surface area contributed by atoms with E-state index in [1.165, 1.54) is 6.42 Å². The lowest BCUT2D eigenvalue weighted by Gasteiger charge is -2.37. The lowest BCUT2D eigenvalue weighted by molar-refractivity contribution is -0.128. The van der Waals surface area contributed by atoms with E-state index in [-0.39, 0.29) is 11.3 Å². The summed E-state index contributed by atoms with van der Waals surface area (Å²) in [6, 6.07) is 3.49. The molecule has 1 aliphatic carbocycles. The van der Waals surface area contributed by atoms with Crippen molar-refractivity contribution in [2.24, 2.45) is 11.3 Å². The van der Waals surface area contributed by atoms with E-state index in [0.717, 1.165) is 32.4 Å². The van der Waals surface area contributed by atoms with E-state index in [4.69, 9.17) is 21.1 Å². The first-order chi connectivity index (χ1) is 11.2. The van der Waals surface area contributed by atoms with Crippen molar-refractivity contribution in [1.29, 1.82) is 0 Å². The molecule has 4 rings (SSSR count). The zero-order valence-electron chi connectivity index (χ0n) is 13.0. The Morgan fingerprint density at radius 1 is 1.26 bits per heavy atom. The number of anilines is 1. The minimum Gasteiger partial charge on any atom is -0.486 e. The van der Waals surface area contributed by atoms with Gasteiger partial charge in [0.05, 0.1) is 16.1 Å². The second-order valence-corrected chi connectivity index (χ2v) is 7.07. The quantitative estimate of drug-likeness (QED) is 0.872. The minimum atomic E-state index is -0.297. The van der Waals surface area contributed by atoms with Gasteiger partial charge in [-0.15, -0.1) is 0 Å². The molecule has 1 saturated heterocycles. The van der Waals surface area contributed by atoms with Crippen LogP contribution in [-0.4, -0.2) is 32.2 Å². The monoisotopic (exact) mass is 336 g/mol. The summed E-state index contributed by atoms with van der Waals surface area (Å²) in [6.45, 7) is 2.72. The summed E-state index contributed by atoms with van der Waals surface area (Å²) < 4.78 is 11.1. The van der Waals surface area contributed by atoms with Crippen LogP contribution in [0.4, 0.5) is 5.69 Å². The van der Waals surface area contributed by atoms with E-state index in [0.29, 0.717) is 41.3 Å². The van der Waals surface area contributed by atoms with E-state index < -0.39 is 0 Å². The van der Waals surface area contributed by atoms with Crippen LogP contribution < -0.4 is 20.1 Å². The standard InChI is InChI=1S/C17H21ClN2O3/c18-12-7-14-15(23-6-5-22-14)8-13(12)20-16(21)17-4-2-1-3-11(17)9-19-10-17/h7-8,11,19H,1-6,9-10H2,(H,20,21)/t11-,17+/m0/s1. The summed E-state index contributed by atoms with van der Waals surface area (Å²) in [6.07, 6.45) is 4.39. The number of hydrogen-bond donors (Lipinski definition) is 2. The molecule has 0 bridgehead atoms. The van der Waals surface area contributed by atoms with Crippen LogP contribution in [0.5, 0.6) is 11.5 Å². The Morgan fingerprint density at radius 3 is 2.87 bits per heavy atom. The molecule has 1 saturated carbocycles. The van der Waals surface area contributed by atoms with Crippen LogP contribution in [0.25, 0.3) is 0 Å². The first-order valence-electron chi connectivity index (χ1n) is 8.30. The Kier molecular flexibility index (Phi) is 3.85. The summed E-state index contributed by atoms with van der Waals surface area (Å²) in [7, 11) is 0. The van der Waals surface area contributed by atoms with Crippen molar-refractivity contribution in [3.05, 3.63) is 17.2 Å². The van der Waals surface area contributed by atoms with Crippen LogP contribution in [0.2, 0.25) is 5.02 Å². The Hall–Kier alpha value is -1.46. The zero-order valence-corrected chi connectivity index (χ0v) is 13.7. The van der Waals surface area contributed by atoms with E-state index in [1.807, 2.05) is 0 Å². The zero-order chi connectivity index (χ0) is 15.9. The third-order valence-corrected chi connectivity index (χ3v) is 5.68. The van der Waals surface area contributed by atoms with Gasteiger partial charge in [-0.3, -0.25) is 4.79 Å². The van der Waals surface area contributed by atoms with Crippen molar-refractivity contribution in [2.45, 2.75) is 25.7 Å². The highest BCUT2D eigenvalue weighted by atomic mass is 35.5. The summed E-state index contributed by atoms with van der Waals surface area (Å²) in [5, 5.41) is 6.93. The Morgan fingerprint density at radius 2 is 2.04 bits per heavy atom. The van der Waals surface area contributed by atoms with E-state index in [9.17, 15) is 4.79 Å². The van der Waals surface area contributed by atoms with Crippen LogP contribution in [0.3, 0.4) is 0 Å². The number of rotatable bonds is 2. The average molecular weight is 337 g/mol. The SMILES string of the molecule is O=C(Nc1cc2c(cc1Cl)OCCO2)[C@@]12CCCC[C@H]1CNC2. The number of nitrogens with one attached hydrogen (secondary N) is 2. The number of amides is 1. The van der Waals surface area contributed by atoms with Crippen LogP contribution in [-0.2, 0) is 4.79 Å². The number of benzene rings is 1. The van der Waals surface area contributed by atoms with Crippen LogP contribution in [0, 0.1) is 11.3 Å². The van der Waals surface area contributed by atoms with Gasteiger partial charge in [0.25, 0.3) is 0 Å².